The summed E-state index contributed by atoms with van der Waals surface area (Å²) < 4.78 is 5.24. The molecular formula is C11H13NO4. The van der Waals surface area contributed by atoms with Gasteiger partial charge in [-0.25, -0.2) is 4.79 Å². The Morgan fingerprint density at radius 2 is 2.06 bits per heavy atom. The highest BCUT2D eigenvalue weighted by Gasteiger charge is 2.18. The molecule has 0 heterocycles. The number of amides is 1. The van der Waals surface area contributed by atoms with Crippen LogP contribution in [0.4, 0.5) is 0 Å². The molecule has 16 heavy (non-hydrogen) atoms. The van der Waals surface area contributed by atoms with Gasteiger partial charge in [0.05, 0.1) is 0 Å². The molecule has 0 aliphatic rings. The van der Waals surface area contributed by atoms with Crippen molar-refractivity contribution in [2.24, 2.45) is 5.73 Å². The van der Waals surface area contributed by atoms with Crippen LogP contribution >= 0.6 is 0 Å². The number of nitrogens with two attached hydrogens (primary N) is 1. The van der Waals surface area contributed by atoms with E-state index in [1.54, 1.807) is 19.1 Å². The van der Waals surface area contributed by atoms with Gasteiger partial charge in [0.1, 0.15) is 11.3 Å². The minimum absolute atomic E-state index is 0.0214. The van der Waals surface area contributed by atoms with Crippen LogP contribution in [0.25, 0.3) is 0 Å². The molecule has 0 fully saturated rings. The summed E-state index contributed by atoms with van der Waals surface area (Å²) in [6.07, 6.45) is -0.862. The summed E-state index contributed by atoms with van der Waals surface area (Å²) in [7, 11) is 0. The van der Waals surface area contributed by atoms with Crippen molar-refractivity contribution in [3.63, 3.8) is 0 Å². The van der Waals surface area contributed by atoms with E-state index in [0.717, 1.165) is 0 Å². The van der Waals surface area contributed by atoms with Crippen LogP contribution in [0.3, 0.4) is 0 Å². The molecule has 0 radical (unpaired) electrons. The Kier molecular flexibility index (Phi) is 3.50. The van der Waals surface area contributed by atoms with Gasteiger partial charge in [0.15, 0.2) is 6.10 Å². The van der Waals surface area contributed by atoms with Crippen LogP contribution in [0.5, 0.6) is 5.75 Å². The van der Waals surface area contributed by atoms with Crippen LogP contribution in [0, 0.1) is 6.92 Å². The second kappa shape index (κ2) is 4.65. The molecule has 1 aromatic rings. The highest BCUT2D eigenvalue weighted by molar-refractivity contribution is 5.91. The van der Waals surface area contributed by atoms with Crippen LogP contribution in [-0.4, -0.2) is 23.1 Å². The Hall–Kier alpha value is -2.04. The molecule has 1 unspecified atom stereocenters. The summed E-state index contributed by atoms with van der Waals surface area (Å²) in [4.78, 5) is 21.8. The van der Waals surface area contributed by atoms with Crippen molar-refractivity contribution in [3.8, 4) is 5.75 Å². The Morgan fingerprint density at radius 3 is 2.56 bits per heavy atom. The minimum Gasteiger partial charge on any atom is -0.480 e. The number of rotatable bonds is 4. The summed E-state index contributed by atoms with van der Waals surface area (Å²) in [6.45, 7) is 3.18. The van der Waals surface area contributed by atoms with Gasteiger partial charge >= 0.3 is 5.97 Å². The summed E-state index contributed by atoms with van der Waals surface area (Å²) in [5.74, 6) is -1.56. The summed E-state index contributed by atoms with van der Waals surface area (Å²) >= 11 is 0. The van der Waals surface area contributed by atoms with Gasteiger partial charge in [0.25, 0.3) is 5.91 Å². The van der Waals surface area contributed by atoms with Crippen molar-refractivity contribution >= 4 is 11.9 Å². The van der Waals surface area contributed by atoms with Crippen molar-refractivity contribution in [3.05, 3.63) is 29.3 Å². The van der Waals surface area contributed by atoms with Crippen molar-refractivity contribution in [1.82, 2.24) is 0 Å². The number of carboxylic acid groups (broad SMARTS) is 1. The van der Waals surface area contributed by atoms with E-state index in [2.05, 4.69) is 0 Å². The topological polar surface area (TPSA) is 89.6 Å². The van der Waals surface area contributed by atoms with Crippen LogP contribution < -0.4 is 10.5 Å². The number of carbonyl (C=O) groups is 2. The number of aryl methyl sites for hydroxylation is 1. The SMILES string of the molecule is Cc1cccc(C(=O)O)c1OC(C)C(N)=O. The van der Waals surface area contributed by atoms with Crippen molar-refractivity contribution < 1.29 is 19.4 Å². The molecule has 1 atom stereocenters. The lowest BCUT2D eigenvalue weighted by Crippen LogP contribution is -2.31. The van der Waals surface area contributed by atoms with Gasteiger partial charge in [-0.1, -0.05) is 12.1 Å². The van der Waals surface area contributed by atoms with Crippen LogP contribution in [0.15, 0.2) is 18.2 Å². The van der Waals surface area contributed by atoms with Gasteiger partial charge < -0.3 is 15.6 Å². The van der Waals surface area contributed by atoms with Gasteiger partial charge in [-0.2, -0.15) is 0 Å². The molecule has 0 aliphatic carbocycles. The zero-order valence-electron chi connectivity index (χ0n) is 9.06. The quantitative estimate of drug-likeness (QED) is 0.795. The Labute approximate surface area is 92.8 Å². The molecule has 1 aromatic carbocycles. The number of benzene rings is 1. The fourth-order valence-electron chi connectivity index (χ4n) is 1.21. The maximum absolute atomic E-state index is 10.9. The highest BCUT2D eigenvalue weighted by atomic mass is 16.5. The van der Waals surface area contributed by atoms with E-state index < -0.39 is 18.0 Å². The first-order valence-electron chi connectivity index (χ1n) is 4.72. The molecular weight excluding hydrogens is 210 g/mol. The van der Waals surface area contributed by atoms with E-state index in [-0.39, 0.29) is 11.3 Å². The fraction of sp³-hybridized carbons (Fsp3) is 0.273. The average Bonchev–Trinajstić information content (AvgIpc) is 2.20. The molecule has 1 amide bonds. The summed E-state index contributed by atoms with van der Waals surface area (Å²) in [5, 5.41) is 8.95. The zero-order valence-corrected chi connectivity index (χ0v) is 9.06. The molecule has 86 valence electrons. The van der Waals surface area contributed by atoms with E-state index in [1.165, 1.54) is 13.0 Å². The lowest BCUT2D eigenvalue weighted by atomic mass is 10.1. The van der Waals surface area contributed by atoms with Crippen LogP contribution in [0.2, 0.25) is 0 Å². The summed E-state index contributed by atoms with van der Waals surface area (Å²) in [6, 6.07) is 4.73. The van der Waals surface area contributed by atoms with Gasteiger partial charge in [0.2, 0.25) is 0 Å². The van der Waals surface area contributed by atoms with E-state index in [0.29, 0.717) is 5.56 Å². The number of hydrogen-bond acceptors (Lipinski definition) is 3. The minimum atomic E-state index is -1.10. The largest absolute Gasteiger partial charge is 0.480 e. The monoisotopic (exact) mass is 223 g/mol. The first-order chi connectivity index (χ1) is 7.43. The molecule has 0 spiro atoms. The number of para-hydroxylation sites is 1. The van der Waals surface area contributed by atoms with Crippen LogP contribution in [0.1, 0.15) is 22.8 Å². The number of carbonyl (C=O) groups excluding carboxylic acids is 1. The predicted octanol–water partition coefficient (Wildman–Crippen LogP) is 0.946. The lowest BCUT2D eigenvalue weighted by Gasteiger charge is -2.15. The number of ether oxygens (including phenoxy) is 1. The molecule has 1 rings (SSSR count). The molecule has 5 heteroatoms. The maximum atomic E-state index is 10.9. The van der Waals surface area contributed by atoms with E-state index >= 15 is 0 Å². The normalized spacial score (nSPS) is 11.9. The highest BCUT2D eigenvalue weighted by Crippen LogP contribution is 2.24. The third-order valence-electron chi connectivity index (χ3n) is 2.14. The Morgan fingerprint density at radius 1 is 1.44 bits per heavy atom. The molecule has 0 saturated heterocycles. The zero-order chi connectivity index (χ0) is 12.3. The van der Waals surface area contributed by atoms with Gasteiger partial charge in [0, 0.05) is 0 Å². The average molecular weight is 223 g/mol. The first kappa shape index (κ1) is 12.0. The molecule has 3 N–H and O–H groups in total. The van der Waals surface area contributed by atoms with Crippen LogP contribution in [-0.2, 0) is 4.79 Å². The second-order valence-electron chi connectivity index (χ2n) is 3.42. The molecule has 5 nitrogen and oxygen atoms in total. The molecule has 0 aromatic heterocycles. The number of carboxylic acids is 1. The molecule has 0 bridgehead atoms. The second-order valence-corrected chi connectivity index (χ2v) is 3.42. The predicted molar refractivity (Wildman–Crippen MR) is 57.4 cm³/mol. The standard InChI is InChI=1S/C11H13NO4/c1-6-4-3-5-8(11(14)15)9(6)16-7(2)10(12)13/h3-5,7H,1-2H3,(H2,12,13)(H,14,15). The van der Waals surface area contributed by atoms with E-state index in [1.807, 2.05) is 0 Å². The van der Waals surface area contributed by atoms with Crippen molar-refractivity contribution in [2.75, 3.05) is 0 Å². The summed E-state index contributed by atoms with van der Waals surface area (Å²) in [5.41, 5.74) is 5.72. The van der Waals surface area contributed by atoms with E-state index in [9.17, 15) is 9.59 Å². The lowest BCUT2D eigenvalue weighted by molar-refractivity contribution is -0.124. The Balaban J connectivity index is 3.11. The number of hydrogen-bond donors (Lipinski definition) is 2. The third kappa shape index (κ3) is 2.50. The smallest absolute Gasteiger partial charge is 0.339 e. The first-order valence-corrected chi connectivity index (χ1v) is 4.72. The number of aromatic carboxylic acids is 1. The van der Waals surface area contributed by atoms with Crippen molar-refractivity contribution in [2.45, 2.75) is 20.0 Å². The Bertz CT molecular complexity index is 428. The van der Waals surface area contributed by atoms with Crippen molar-refractivity contribution in [1.29, 1.82) is 0 Å². The third-order valence-corrected chi connectivity index (χ3v) is 2.14. The van der Waals surface area contributed by atoms with E-state index in [4.69, 9.17) is 15.6 Å². The number of primary amides is 1. The molecule has 0 aliphatic heterocycles. The van der Waals surface area contributed by atoms with Gasteiger partial charge in [-0.15, -0.1) is 0 Å². The van der Waals surface area contributed by atoms with Gasteiger partial charge in [-0.3, -0.25) is 4.79 Å². The maximum Gasteiger partial charge on any atom is 0.339 e. The molecule has 0 saturated carbocycles. The van der Waals surface area contributed by atoms with Gasteiger partial charge in [-0.05, 0) is 25.5 Å². The fourth-order valence-corrected chi connectivity index (χ4v) is 1.21.